The number of hydrogen-bond acceptors (Lipinski definition) is 3. The molecule has 3 nitrogen and oxygen atoms in total. The van der Waals surface area contributed by atoms with Gasteiger partial charge < -0.3 is 9.47 Å². The molecule has 0 aliphatic heterocycles. The SMILES string of the molecule is COc1ccc(Br)cc1/C=C/C(=O)Oc1ccc(C)cc1Br. The van der Waals surface area contributed by atoms with Crippen molar-refractivity contribution >= 4 is 43.9 Å². The number of aryl methyl sites for hydroxylation is 1. The Labute approximate surface area is 146 Å². The molecule has 0 aliphatic carbocycles. The average molecular weight is 426 g/mol. The highest BCUT2D eigenvalue weighted by Crippen LogP contribution is 2.27. The number of ether oxygens (including phenoxy) is 2. The van der Waals surface area contributed by atoms with Crippen molar-refractivity contribution in [3.63, 3.8) is 0 Å². The fourth-order valence-electron chi connectivity index (χ4n) is 1.82. The zero-order valence-electron chi connectivity index (χ0n) is 12.1. The van der Waals surface area contributed by atoms with Gasteiger partial charge in [0.2, 0.25) is 0 Å². The molecule has 22 heavy (non-hydrogen) atoms. The normalized spacial score (nSPS) is 10.7. The third-order valence-electron chi connectivity index (χ3n) is 2.89. The van der Waals surface area contributed by atoms with Crippen LogP contribution in [0.3, 0.4) is 0 Å². The lowest BCUT2D eigenvalue weighted by Gasteiger charge is -2.06. The van der Waals surface area contributed by atoms with Crippen LogP contribution < -0.4 is 9.47 Å². The van der Waals surface area contributed by atoms with Crippen LogP contribution in [0.4, 0.5) is 0 Å². The smallest absolute Gasteiger partial charge is 0.336 e. The van der Waals surface area contributed by atoms with Gasteiger partial charge in [-0.1, -0.05) is 22.0 Å². The standard InChI is InChI=1S/C17H14Br2O3/c1-11-3-6-16(14(19)9-11)22-17(20)8-4-12-10-13(18)5-7-15(12)21-2/h3-10H,1-2H3/b8-4+. The summed E-state index contributed by atoms with van der Waals surface area (Å²) in [5.41, 5.74) is 1.87. The lowest BCUT2D eigenvalue weighted by molar-refractivity contribution is -0.128. The highest BCUT2D eigenvalue weighted by Gasteiger charge is 2.06. The Morgan fingerprint density at radius 3 is 2.50 bits per heavy atom. The maximum absolute atomic E-state index is 11.9. The van der Waals surface area contributed by atoms with Crippen molar-refractivity contribution in [1.29, 1.82) is 0 Å². The monoisotopic (exact) mass is 424 g/mol. The molecule has 0 unspecified atom stereocenters. The Hall–Kier alpha value is -1.59. The van der Waals surface area contributed by atoms with Crippen molar-refractivity contribution in [2.24, 2.45) is 0 Å². The maximum atomic E-state index is 11.9. The van der Waals surface area contributed by atoms with Crippen LogP contribution in [0.5, 0.6) is 11.5 Å². The molecule has 114 valence electrons. The minimum atomic E-state index is -0.452. The second kappa shape index (κ2) is 7.61. The molecule has 5 heteroatoms. The largest absolute Gasteiger partial charge is 0.496 e. The van der Waals surface area contributed by atoms with Crippen LogP contribution in [0.25, 0.3) is 6.08 Å². The van der Waals surface area contributed by atoms with E-state index in [1.165, 1.54) is 6.08 Å². The average Bonchev–Trinajstić information content (AvgIpc) is 2.48. The van der Waals surface area contributed by atoms with E-state index in [1.54, 1.807) is 19.3 Å². The highest BCUT2D eigenvalue weighted by atomic mass is 79.9. The quantitative estimate of drug-likeness (QED) is 0.386. The van der Waals surface area contributed by atoms with Gasteiger partial charge in [-0.25, -0.2) is 4.79 Å². The molecule has 0 N–H and O–H groups in total. The van der Waals surface area contributed by atoms with Crippen LogP contribution in [0.1, 0.15) is 11.1 Å². The fraction of sp³-hybridized carbons (Fsp3) is 0.118. The molecule has 0 fully saturated rings. The molecule has 0 saturated heterocycles. The van der Waals surface area contributed by atoms with Crippen LogP contribution in [0.15, 0.2) is 51.4 Å². The lowest BCUT2D eigenvalue weighted by Crippen LogP contribution is -2.04. The number of methoxy groups -OCH3 is 1. The molecule has 0 heterocycles. The second-order valence-electron chi connectivity index (χ2n) is 4.57. The Morgan fingerprint density at radius 1 is 1.09 bits per heavy atom. The van der Waals surface area contributed by atoms with E-state index >= 15 is 0 Å². The molecule has 0 radical (unpaired) electrons. The van der Waals surface area contributed by atoms with Gasteiger partial charge in [0.05, 0.1) is 11.6 Å². The van der Waals surface area contributed by atoms with Gasteiger partial charge in [-0.15, -0.1) is 0 Å². The molecule has 0 amide bonds. The Balaban J connectivity index is 2.13. The molecule has 2 aromatic rings. The zero-order chi connectivity index (χ0) is 16.1. The van der Waals surface area contributed by atoms with Crippen molar-refractivity contribution < 1.29 is 14.3 Å². The predicted octanol–water partition coefficient (Wildman–Crippen LogP) is 5.15. The summed E-state index contributed by atoms with van der Waals surface area (Å²) in [5.74, 6) is 0.719. The van der Waals surface area contributed by atoms with Gasteiger partial charge >= 0.3 is 5.97 Å². The van der Waals surface area contributed by atoms with Crippen molar-refractivity contribution in [3.8, 4) is 11.5 Å². The van der Waals surface area contributed by atoms with Gasteiger partial charge in [0.25, 0.3) is 0 Å². The Bertz CT molecular complexity index is 724. The summed E-state index contributed by atoms with van der Waals surface area (Å²) in [5, 5.41) is 0. The van der Waals surface area contributed by atoms with Crippen molar-refractivity contribution in [1.82, 2.24) is 0 Å². The first-order chi connectivity index (χ1) is 10.5. The van der Waals surface area contributed by atoms with Gasteiger partial charge in [-0.3, -0.25) is 0 Å². The first kappa shape index (κ1) is 16.8. The van der Waals surface area contributed by atoms with Gasteiger partial charge in [-0.05, 0) is 64.8 Å². The summed E-state index contributed by atoms with van der Waals surface area (Å²) < 4.78 is 12.2. The summed E-state index contributed by atoms with van der Waals surface area (Å²) in [4.78, 5) is 11.9. The van der Waals surface area contributed by atoms with Crippen LogP contribution in [0.2, 0.25) is 0 Å². The van der Waals surface area contributed by atoms with E-state index in [-0.39, 0.29) is 0 Å². The van der Waals surface area contributed by atoms with E-state index in [1.807, 2.05) is 37.3 Å². The molecule has 2 aromatic carbocycles. The third-order valence-corrected chi connectivity index (χ3v) is 4.00. The number of esters is 1. The van der Waals surface area contributed by atoms with E-state index in [0.29, 0.717) is 11.5 Å². The Morgan fingerprint density at radius 2 is 1.82 bits per heavy atom. The zero-order valence-corrected chi connectivity index (χ0v) is 15.3. The highest BCUT2D eigenvalue weighted by molar-refractivity contribution is 9.10. The molecular formula is C17H14Br2O3. The maximum Gasteiger partial charge on any atom is 0.336 e. The number of carbonyl (C=O) groups excluding carboxylic acids is 1. The van der Waals surface area contributed by atoms with Gasteiger partial charge in [0.1, 0.15) is 11.5 Å². The van der Waals surface area contributed by atoms with E-state index < -0.39 is 5.97 Å². The van der Waals surface area contributed by atoms with E-state index in [0.717, 1.165) is 20.1 Å². The number of rotatable bonds is 4. The van der Waals surface area contributed by atoms with Crippen LogP contribution >= 0.6 is 31.9 Å². The second-order valence-corrected chi connectivity index (χ2v) is 6.34. The van der Waals surface area contributed by atoms with Crippen molar-refractivity contribution in [3.05, 3.63) is 62.5 Å². The summed E-state index contributed by atoms with van der Waals surface area (Å²) >= 11 is 6.77. The molecule has 0 atom stereocenters. The molecule has 2 rings (SSSR count). The Kier molecular flexibility index (Phi) is 5.80. The van der Waals surface area contributed by atoms with Crippen molar-refractivity contribution in [2.45, 2.75) is 6.92 Å². The van der Waals surface area contributed by atoms with E-state index in [9.17, 15) is 4.79 Å². The summed E-state index contributed by atoms with van der Waals surface area (Å²) in [7, 11) is 1.59. The van der Waals surface area contributed by atoms with Crippen LogP contribution in [-0.2, 0) is 4.79 Å². The topological polar surface area (TPSA) is 35.5 Å². The van der Waals surface area contributed by atoms with E-state index in [4.69, 9.17) is 9.47 Å². The predicted molar refractivity (Wildman–Crippen MR) is 94.2 cm³/mol. The first-order valence-corrected chi connectivity index (χ1v) is 8.08. The van der Waals surface area contributed by atoms with Crippen LogP contribution in [0, 0.1) is 6.92 Å². The number of carbonyl (C=O) groups is 1. The molecule has 0 aliphatic rings. The van der Waals surface area contributed by atoms with Crippen LogP contribution in [-0.4, -0.2) is 13.1 Å². The number of halogens is 2. The fourth-order valence-corrected chi connectivity index (χ4v) is 2.78. The lowest BCUT2D eigenvalue weighted by atomic mass is 10.2. The molecular weight excluding hydrogens is 412 g/mol. The molecule has 0 aromatic heterocycles. The van der Waals surface area contributed by atoms with Crippen molar-refractivity contribution in [2.75, 3.05) is 7.11 Å². The third kappa shape index (κ3) is 4.45. The minimum Gasteiger partial charge on any atom is -0.496 e. The summed E-state index contributed by atoms with van der Waals surface area (Å²) in [6, 6.07) is 11.1. The number of hydrogen-bond donors (Lipinski definition) is 0. The van der Waals surface area contributed by atoms with E-state index in [2.05, 4.69) is 31.9 Å². The molecule has 0 bridgehead atoms. The van der Waals surface area contributed by atoms with Gasteiger partial charge in [-0.2, -0.15) is 0 Å². The summed E-state index contributed by atoms with van der Waals surface area (Å²) in [6.07, 6.45) is 3.03. The summed E-state index contributed by atoms with van der Waals surface area (Å²) in [6.45, 7) is 1.97. The molecule has 0 spiro atoms. The molecule has 0 saturated carbocycles. The first-order valence-electron chi connectivity index (χ1n) is 6.49. The minimum absolute atomic E-state index is 0.452. The number of benzene rings is 2. The van der Waals surface area contributed by atoms with Gasteiger partial charge in [0.15, 0.2) is 0 Å². The van der Waals surface area contributed by atoms with Gasteiger partial charge in [0, 0.05) is 16.1 Å².